The third-order valence-electron chi connectivity index (χ3n) is 5.92. The molecule has 0 fully saturated rings. The van der Waals surface area contributed by atoms with E-state index in [0.717, 1.165) is 21.6 Å². The Bertz CT molecular complexity index is 1390. The van der Waals surface area contributed by atoms with Crippen LogP contribution >= 0.6 is 11.8 Å². The SMILES string of the molecule is CCSc1ccc2c3c([nH]c2c1)C(C)(C)c1cc(OS(=O)(=O)C(F)(F)F)c(CC)cc1C3=O. The van der Waals surface area contributed by atoms with Crippen molar-refractivity contribution >= 4 is 38.6 Å². The summed E-state index contributed by atoms with van der Waals surface area (Å²) in [6.45, 7) is 7.36. The van der Waals surface area contributed by atoms with Gasteiger partial charge in [-0.3, -0.25) is 4.79 Å². The van der Waals surface area contributed by atoms with E-state index in [9.17, 15) is 26.4 Å². The van der Waals surface area contributed by atoms with Gasteiger partial charge in [0, 0.05) is 32.5 Å². The molecule has 10 heteroatoms. The van der Waals surface area contributed by atoms with E-state index in [4.69, 9.17) is 0 Å². The summed E-state index contributed by atoms with van der Waals surface area (Å²) < 4.78 is 66.6. The van der Waals surface area contributed by atoms with Crippen LogP contribution in [-0.2, 0) is 22.0 Å². The predicted octanol–water partition coefficient (Wildman–Crippen LogP) is 5.94. The van der Waals surface area contributed by atoms with Crippen molar-refractivity contribution in [3.63, 3.8) is 0 Å². The molecular weight excluding hydrogens is 475 g/mol. The zero-order valence-corrected chi connectivity index (χ0v) is 20.0. The van der Waals surface area contributed by atoms with Gasteiger partial charge in [0.2, 0.25) is 0 Å². The summed E-state index contributed by atoms with van der Waals surface area (Å²) in [6.07, 6.45) is 0.183. The third-order valence-corrected chi connectivity index (χ3v) is 7.76. The van der Waals surface area contributed by atoms with Crippen molar-refractivity contribution in [2.45, 2.75) is 49.9 Å². The molecule has 1 heterocycles. The number of aromatic nitrogens is 1. The summed E-state index contributed by atoms with van der Waals surface area (Å²) in [5.41, 5.74) is -3.50. The molecular formula is C23H22F3NO4S2. The summed E-state index contributed by atoms with van der Waals surface area (Å²) in [5, 5.41) is 0.771. The van der Waals surface area contributed by atoms with Gasteiger partial charge in [0.05, 0.1) is 5.56 Å². The van der Waals surface area contributed by atoms with E-state index in [-0.39, 0.29) is 17.8 Å². The number of nitrogens with one attached hydrogen (secondary N) is 1. The molecule has 1 aliphatic carbocycles. The Labute approximate surface area is 193 Å². The minimum atomic E-state index is -5.85. The molecule has 0 spiro atoms. The smallest absolute Gasteiger partial charge is 0.376 e. The number of carbonyl (C=O) groups is 1. The van der Waals surface area contributed by atoms with Gasteiger partial charge in [-0.25, -0.2) is 0 Å². The summed E-state index contributed by atoms with van der Waals surface area (Å²) in [5.74, 6) is 0.211. The molecule has 4 rings (SSSR count). The number of alkyl halides is 3. The topological polar surface area (TPSA) is 76.2 Å². The van der Waals surface area contributed by atoms with E-state index in [2.05, 4.69) is 9.17 Å². The minimum absolute atomic E-state index is 0.183. The second-order valence-electron chi connectivity index (χ2n) is 8.31. The largest absolute Gasteiger partial charge is 0.534 e. The number of hydrogen-bond donors (Lipinski definition) is 1. The first-order valence-corrected chi connectivity index (χ1v) is 12.7. The normalized spacial score (nSPS) is 15.4. The first-order valence-electron chi connectivity index (χ1n) is 10.3. The van der Waals surface area contributed by atoms with E-state index in [1.807, 2.05) is 39.0 Å². The zero-order chi connectivity index (χ0) is 24.3. The molecule has 0 saturated carbocycles. The Morgan fingerprint density at radius 3 is 2.42 bits per heavy atom. The van der Waals surface area contributed by atoms with Gasteiger partial charge in [0.1, 0.15) is 5.75 Å². The molecule has 0 atom stereocenters. The van der Waals surface area contributed by atoms with Gasteiger partial charge in [0.15, 0.2) is 5.78 Å². The molecule has 0 aliphatic heterocycles. The molecule has 5 nitrogen and oxygen atoms in total. The highest BCUT2D eigenvalue weighted by Crippen LogP contribution is 2.46. The summed E-state index contributed by atoms with van der Waals surface area (Å²) in [6, 6.07) is 8.52. The van der Waals surface area contributed by atoms with Crippen molar-refractivity contribution in [3.8, 4) is 5.75 Å². The van der Waals surface area contributed by atoms with Gasteiger partial charge < -0.3 is 9.17 Å². The van der Waals surface area contributed by atoms with Crippen LogP contribution in [0.15, 0.2) is 35.2 Å². The standard InChI is InChI=1S/C23H22F3NO4S2/c1-5-12-9-15-16(11-18(12)31-33(29,30)23(24,25)26)22(3,4)21-19(20(15)28)14-8-7-13(32-6-2)10-17(14)27-21/h7-11,27H,5-6H2,1-4H3. The molecule has 1 aromatic heterocycles. The fourth-order valence-corrected chi connectivity index (χ4v) is 5.44. The monoisotopic (exact) mass is 497 g/mol. The number of aryl methyl sites for hydroxylation is 1. The summed E-state index contributed by atoms with van der Waals surface area (Å²) in [7, 11) is -5.85. The Hall–Kier alpha value is -2.46. The highest BCUT2D eigenvalue weighted by Gasteiger charge is 2.49. The molecule has 1 aliphatic rings. The van der Waals surface area contributed by atoms with E-state index in [1.165, 1.54) is 12.1 Å². The highest BCUT2D eigenvalue weighted by molar-refractivity contribution is 7.99. The van der Waals surface area contributed by atoms with Crippen LogP contribution in [0.25, 0.3) is 10.9 Å². The van der Waals surface area contributed by atoms with Gasteiger partial charge in [-0.05, 0) is 47.6 Å². The lowest BCUT2D eigenvalue weighted by Gasteiger charge is -2.33. The Balaban J connectivity index is 1.92. The lowest BCUT2D eigenvalue weighted by Crippen LogP contribution is -2.32. The second kappa shape index (κ2) is 7.80. The van der Waals surface area contributed by atoms with Gasteiger partial charge in [0.25, 0.3) is 0 Å². The average Bonchev–Trinajstić information content (AvgIpc) is 3.11. The lowest BCUT2D eigenvalue weighted by molar-refractivity contribution is -0.0500. The predicted molar refractivity (Wildman–Crippen MR) is 122 cm³/mol. The Morgan fingerprint density at radius 1 is 1.12 bits per heavy atom. The van der Waals surface area contributed by atoms with Crippen LogP contribution in [0, 0.1) is 0 Å². The zero-order valence-electron chi connectivity index (χ0n) is 18.4. The maximum atomic E-state index is 13.5. The molecule has 0 saturated heterocycles. The van der Waals surface area contributed by atoms with Crippen LogP contribution in [-0.4, -0.2) is 30.4 Å². The molecule has 1 N–H and O–H groups in total. The molecule has 33 heavy (non-hydrogen) atoms. The number of H-pyrrole nitrogens is 1. The highest BCUT2D eigenvalue weighted by atomic mass is 32.2. The summed E-state index contributed by atoms with van der Waals surface area (Å²) >= 11 is 1.67. The number of hydrogen-bond acceptors (Lipinski definition) is 5. The number of ketones is 1. The number of aromatic amines is 1. The van der Waals surface area contributed by atoms with Crippen LogP contribution in [0.5, 0.6) is 5.75 Å². The Morgan fingerprint density at radius 2 is 1.82 bits per heavy atom. The Kier molecular flexibility index (Phi) is 5.60. The molecule has 0 bridgehead atoms. The van der Waals surface area contributed by atoms with E-state index in [1.54, 1.807) is 18.7 Å². The molecule has 2 aromatic carbocycles. The minimum Gasteiger partial charge on any atom is -0.376 e. The van der Waals surface area contributed by atoms with Gasteiger partial charge >= 0.3 is 15.6 Å². The lowest BCUT2D eigenvalue weighted by atomic mass is 9.70. The van der Waals surface area contributed by atoms with Crippen molar-refractivity contribution < 1.29 is 30.6 Å². The maximum absolute atomic E-state index is 13.5. The number of carbonyl (C=O) groups excluding carboxylic acids is 1. The number of benzene rings is 2. The molecule has 0 unspecified atom stereocenters. The van der Waals surface area contributed by atoms with Crippen molar-refractivity contribution in [1.82, 2.24) is 4.98 Å². The van der Waals surface area contributed by atoms with Crippen molar-refractivity contribution in [3.05, 3.63) is 58.3 Å². The van der Waals surface area contributed by atoms with E-state index in [0.29, 0.717) is 22.4 Å². The van der Waals surface area contributed by atoms with Crippen LogP contribution < -0.4 is 4.18 Å². The number of fused-ring (bicyclic) bond motifs is 4. The van der Waals surface area contributed by atoms with Crippen LogP contribution in [0.4, 0.5) is 13.2 Å². The first kappa shape index (κ1) is 23.7. The maximum Gasteiger partial charge on any atom is 0.534 e. The number of halogens is 3. The number of rotatable bonds is 5. The third kappa shape index (κ3) is 3.73. The van der Waals surface area contributed by atoms with E-state index < -0.39 is 26.8 Å². The van der Waals surface area contributed by atoms with Crippen molar-refractivity contribution in [2.75, 3.05) is 5.75 Å². The fraction of sp³-hybridized carbons (Fsp3) is 0.348. The second-order valence-corrected chi connectivity index (χ2v) is 11.2. The van der Waals surface area contributed by atoms with Crippen molar-refractivity contribution in [2.24, 2.45) is 0 Å². The van der Waals surface area contributed by atoms with Gasteiger partial charge in [-0.1, -0.05) is 33.8 Å². The molecule has 3 aromatic rings. The van der Waals surface area contributed by atoms with E-state index >= 15 is 0 Å². The van der Waals surface area contributed by atoms with Crippen LogP contribution in [0.1, 0.15) is 60.4 Å². The van der Waals surface area contributed by atoms with Crippen molar-refractivity contribution in [1.29, 1.82) is 0 Å². The quantitative estimate of drug-likeness (QED) is 0.268. The number of thioether (sulfide) groups is 1. The van der Waals surface area contributed by atoms with Gasteiger partial charge in [-0.15, -0.1) is 11.8 Å². The van der Waals surface area contributed by atoms with Crippen LogP contribution in [0.3, 0.4) is 0 Å². The molecule has 176 valence electrons. The molecule has 0 amide bonds. The average molecular weight is 498 g/mol. The molecule has 0 radical (unpaired) electrons. The first-order chi connectivity index (χ1) is 15.3. The van der Waals surface area contributed by atoms with Crippen LogP contribution in [0.2, 0.25) is 0 Å². The summed E-state index contributed by atoms with van der Waals surface area (Å²) in [4.78, 5) is 17.9. The van der Waals surface area contributed by atoms with Gasteiger partial charge in [-0.2, -0.15) is 21.6 Å². The fourth-order valence-electron chi connectivity index (χ4n) is 4.26.